The first-order chi connectivity index (χ1) is 22.8. The number of ether oxygens (including phenoxy) is 1. The molecule has 3 nitrogen and oxygen atoms in total. The molecule has 0 amide bonds. The van der Waals surface area contributed by atoms with Crippen LogP contribution in [-0.2, 0) is 0 Å². The van der Waals surface area contributed by atoms with Gasteiger partial charge >= 0.3 is 271 Å². The molecule has 0 bridgehead atoms. The summed E-state index contributed by atoms with van der Waals surface area (Å²) in [5.41, 5.74) is 7.56. The molecular weight excluding hydrogens is 622 g/mol. The molecule has 2 aromatic heterocycles. The van der Waals surface area contributed by atoms with Crippen molar-refractivity contribution < 1.29 is 9.15 Å². The van der Waals surface area contributed by atoms with Crippen LogP contribution in [0, 0.1) is 0 Å². The van der Waals surface area contributed by atoms with E-state index >= 15 is 0 Å². The Labute approximate surface area is 269 Å². The van der Waals surface area contributed by atoms with Crippen LogP contribution in [0.4, 0.5) is 0 Å². The van der Waals surface area contributed by atoms with Gasteiger partial charge in [0, 0.05) is 0 Å². The van der Waals surface area contributed by atoms with E-state index in [1.165, 1.54) is 34.0 Å². The van der Waals surface area contributed by atoms with Gasteiger partial charge in [0.05, 0.1) is 0 Å². The zero-order chi connectivity index (χ0) is 30.2. The van der Waals surface area contributed by atoms with Crippen molar-refractivity contribution in [2.75, 3.05) is 0 Å². The van der Waals surface area contributed by atoms with Crippen LogP contribution >= 0.6 is 0 Å². The van der Waals surface area contributed by atoms with E-state index in [4.69, 9.17) is 9.15 Å². The molecule has 5 heteroatoms. The van der Waals surface area contributed by atoms with Crippen LogP contribution in [0.15, 0.2) is 162 Å². The molecule has 4 heterocycles. The average molecular weight is 648 g/mol. The number of benzene rings is 6. The maximum atomic E-state index is 6.92. The number of pyridine rings is 1. The Balaban J connectivity index is 1.38. The predicted octanol–water partition coefficient (Wildman–Crippen LogP) is 4.96. The summed E-state index contributed by atoms with van der Waals surface area (Å²) in [4.78, 5) is 4.55. The van der Waals surface area contributed by atoms with E-state index in [0.717, 1.165) is 39.0 Å². The van der Waals surface area contributed by atoms with Gasteiger partial charge in [0.2, 0.25) is 0 Å². The predicted molar refractivity (Wildman–Crippen MR) is 192 cm³/mol. The van der Waals surface area contributed by atoms with Gasteiger partial charge in [-0.3, -0.25) is 0 Å². The molecule has 2 aliphatic heterocycles. The molecule has 0 atom stereocenters. The van der Waals surface area contributed by atoms with Gasteiger partial charge in [-0.2, -0.15) is 0 Å². The Morgan fingerprint density at radius 3 is 2.04 bits per heavy atom. The standard InChI is InChI=1S/C41H26BGeNO2/c1-3-13-28(14-4-1)43(29-15-5-2-6-16-29)35-22-9-7-20-33(35)42-34-21-8-10-23-37(34)45-38-26-27(25-36(43)39(38)42)30-17-11-18-31-32-19-12-24-44-41(32)46-40(30)31/h1-26H. The Bertz CT molecular complexity index is 2430. The molecule has 8 aromatic rings. The SMILES string of the molecule is c1cc[c]([Ge]2([c]3ccccc3)[c]3ccccc3B3c4ccccc4Oc4cc(-c5cccc6c5oc5ncccc56)c[c]2c43)cc1. The molecule has 0 unspecified atom stereocenters. The zero-order valence-electron chi connectivity index (χ0n) is 24.9. The first-order valence-electron chi connectivity index (χ1n) is 15.7. The van der Waals surface area contributed by atoms with Crippen LogP contribution in [-0.4, -0.2) is 25.0 Å². The first-order valence-corrected chi connectivity index (χ1v) is 19.9. The number of hydrogen-bond donors (Lipinski definition) is 0. The molecule has 0 aliphatic carbocycles. The van der Waals surface area contributed by atoms with Crippen molar-refractivity contribution in [1.82, 2.24) is 4.98 Å². The van der Waals surface area contributed by atoms with E-state index in [0.29, 0.717) is 5.71 Å². The third-order valence-electron chi connectivity index (χ3n) is 9.96. The normalized spacial score (nSPS) is 14.0. The summed E-state index contributed by atoms with van der Waals surface area (Å²) in [6.07, 6.45) is 1.79. The van der Waals surface area contributed by atoms with E-state index < -0.39 is 13.3 Å². The second-order valence-corrected chi connectivity index (χ2v) is 20.0. The minimum atomic E-state index is -3.63. The van der Waals surface area contributed by atoms with Crippen LogP contribution in [0.2, 0.25) is 0 Å². The van der Waals surface area contributed by atoms with Gasteiger partial charge in [-0.1, -0.05) is 0 Å². The van der Waals surface area contributed by atoms with Gasteiger partial charge in [-0.15, -0.1) is 0 Å². The summed E-state index contributed by atoms with van der Waals surface area (Å²) in [5.74, 6) is 1.85. The fraction of sp³-hybridized carbons (Fsp3) is 0. The Morgan fingerprint density at radius 2 is 1.24 bits per heavy atom. The first kappa shape index (κ1) is 25.9. The van der Waals surface area contributed by atoms with Crippen molar-refractivity contribution in [3.8, 4) is 22.6 Å². The van der Waals surface area contributed by atoms with Crippen molar-refractivity contribution >= 4 is 76.0 Å². The zero-order valence-corrected chi connectivity index (χ0v) is 27.0. The van der Waals surface area contributed by atoms with Crippen LogP contribution in [0.3, 0.4) is 0 Å². The average Bonchev–Trinajstić information content (AvgIpc) is 3.51. The third kappa shape index (κ3) is 3.48. The number of aromatic nitrogens is 1. The van der Waals surface area contributed by atoms with E-state index in [9.17, 15) is 0 Å². The van der Waals surface area contributed by atoms with Gasteiger partial charge in [0.15, 0.2) is 0 Å². The van der Waals surface area contributed by atoms with Crippen molar-refractivity contribution in [3.63, 3.8) is 0 Å². The third-order valence-corrected chi connectivity index (χ3v) is 20.2. The molecule has 46 heavy (non-hydrogen) atoms. The fourth-order valence-corrected chi connectivity index (χ4v) is 19.3. The van der Waals surface area contributed by atoms with Crippen molar-refractivity contribution in [2.45, 2.75) is 0 Å². The van der Waals surface area contributed by atoms with Crippen LogP contribution in [0.25, 0.3) is 33.2 Å². The van der Waals surface area contributed by atoms with Crippen LogP contribution in [0.5, 0.6) is 11.5 Å². The van der Waals surface area contributed by atoms with Gasteiger partial charge in [-0.05, 0) is 0 Å². The van der Waals surface area contributed by atoms with Gasteiger partial charge in [0.25, 0.3) is 0 Å². The van der Waals surface area contributed by atoms with Gasteiger partial charge in [-0.25, -0.2) is 0 Å². The Hall–Kier alpha value is -5.32. The topological polar surface area (TPSA) is 35.3 Å². The summed E-state index contributed by atoms with van der Waals surface area (Å²) < 4.78 is 19.1. The van der Waals surface area contributed by atoms with Crippen molar-refractivity contribution in [3.05, 3.63) is 158 Å². The van der Waals surface area contributed by atoms with Gasteiger partial charge < -0.3 is 0 Å². The summed E-state index contributed by atoms with van der Waals surface area (Å²) in [6, 6.07) is 55.4. The quantitative estimate of drug-likeness (QED) is 0.255. The van der Waals surface area contributed by atoms with E-state index in [1.807, 2.05) is 6.07 Å². The number of rotatable bonds is 3. The summed E-state index contributed by atoms with van der Waals surface area (Å²) >= 11 is -3.63. The number of furan rings is 1. The molecule has 0 saturated carbocycles. The molecule has 214 valence electrons. The molecule has 0 saturated heterocycles. The van der Waals surface area contributed by atoms with Crippen molar-refractivity contribution in [1.29, 1.82) is 0 Å². The summed E-state index contributed by atoms with van der Waals surface area (Å²) in [7, 11) is 0. The van der Waals surface area contributed by atoms with E-state index in [-0.39, 0.29) is 6.71 Å². The van der Waals surface area contributed by atoms with Gasteiger partial charge in [0.1, 0.15) is 0 Å². The number of para-hydroxylation sites is 2. The monoisotopic (exact) mass is 649 g/mol. The minimum absolute atomic E-state index is 0.0811. The molecule has 2 aliphatic rings. The second kappa shape index (κ2) is 9.84. The Morgan fingerprint density at radius 1 is 0.543 bits per heavy atom. The molecule has 6 aromatic carbocycles. The van der Waals surface area contributed by atoms with Crippen LogP contribution < -0.4 is 38.7 Å². The molecule has 0 spiro atoms. The molecule has 0 radical (unpaired) electrons. The Kier molecular flexibility index (Phi) is 5.55. The van der Waals surface area contributed by atoms with Crippen LogP contribution in [0.1, 0.15) is 0 Å². The fourth-order valence-electron chi connectivity index (χ4n) is 8.14. The maximum absolute atomic E-state index is 6.92. The molecule has 10 rings (SSSR count). The molecular formula is C41H26BGeNO2. The number of nitrogens with zero attached hydrogens (tertiary/aromatic N) is 1. The number of fused-ring (bicyclic) bond motifs is 7. The molecule has 0 fully saturated rings. The molecule has 0 N–H and O–H groups in total. The number of hydrogen-bond acceptors (Lipinski definition) is 3. The summed E-state index contributed by atoms with van der Waals surface area (Å²) in [5, 5.41) is 2.10. The van der Waals surface area contributed by atoms with E-state index in [2.05, 4.69) is 151 Å². The second-order valence-electron chi connectivity index (χ2n) is 12.2. The van der Waals surface area contributed by atoms with Crippen molar-refractivity contribution in [2.24, 2.45) is 0 Å². The van der Waals surface area contributed by atoms with E-state index in [1.54, 1.807) is 6.20 Å². The summed E-state index contributed by atoms with van der Waals surface area (Å²) in [6.45, 7) is 0.0811.